The van der Waals surface area contributed by atoms with Gasteiger partial charge in [0, 0.05) is 9.92 Å². The largest absolute Gasteiger partial charge is 0.496 e. The van der Waals surface area contributed by atoms with Gasteiger partial charge >= 0.3 is 5.69 Å². The number of halogens is 1. The van der Waals surface area contributed by atoms with Crippen LogP contribution in [0.25, 0.3) is 0 Å². The van der Waals surface area contributed by atoms with Gasteiger partial charge in [0.15, 0.2) is 5.03 Å². The smallest absolute Gasteiger partial charge is 0.345 e. The van der Waals surface area contributed by atoms with Gasteiger partial charge in [0.1, 0.15) is 12.1 Å². The van der Waals surface area contributed by atoms with E-state index < -0.39 is 10.8 Å². The predicted octanol–water partition coefficient (Wildman–Crippen LogP) is 3.95. The summed E-state index contributed by atoms with van der Waals surface area (Å²) in [5.41, 5.74) is 4.78. The van der Waals surface area contributed by atoms with Crippen molar-refractivity contribution >= 4 is 40.8 Å². The van der Waals surface area contributed by atoms with Gasteiger partial charge in [-0.15, -0.1) is 0 Å². The van der Waals surface area contributed by atoms with Crippen molar-refractivity contribution in [1.29, 1.82) is 0 Å². The van der Waals surface area contributed by atoms with Crippen LogP contribution in [-0.4, -0.2) is 27.9 Å². The van der Waals surface area contributed by atoms with Gasteiger partial charge < -0.3 is 4.74 Å². The minimum Gasteiger partial charge on any atom is -0.496 e. The fourth-order valence-corrected chi connectivity index (χ4v) is 3.31. The number of aromatic nitrogens is 2. The highest BCUT2D eigenvalue weighted by molar-refractivity contribution is 7.99. The highest BCUT2D eigenvalue weighted by Crippen LogP contribution is 2.36. The monoisotopic (exact) mass is 431 g/mol. The molecule has 2 N–H and O–H groups in total. The summed E-state index contributed by atoms with van der Waals surface area (Å²) in [5, 5.41) is 12.3. The summed E-state index contributed by atoms with van der Waals surface area (Å²) in [6, 6.07) is 13.4. The number of nitro groups is 1. The van der Waals surface area contributed by atoms with Crippen LogP contribution >= 0.6 is 23.4 Å². The second-order valence-electron chi connectivity index (χ2n) is 5.47. The third-order valence-corrected chi connectivity index (χ3v) is 4.90. The summed E-state index contributed by atoms with van der Waals surface area (Å²) in [6.07, 6.45) is 1.17. The number of amides is 1. The van der Waals surface area contributed by atoms with E-state index in [0.717, 1.165) is 11.8 Å². The lowest BCUT2D eigenvalue weighted by atomic mass is 10.2. The number of hydrogen-bond acceptors (Lipinski definition) is 8. The van der Waals surface area contributed by atoms with Crippen molar-refractivity contribution < 1.29 is 14.5 Å². The van der Waals surface area contributed by atoms with Crippen molar-refractivity contribution in [2.45, 2.75) is 9.92 Å². The number of hydrazine groups is 1. The van der Waals surface area contributed by atoms with Crippen LogP contribution in [-0.2, 0) is 0 Å². The number of nitrogens with zero attached hydrogens (tertiary/aromatic N) is 3. The lowest BCUT2D eigenvalue weighted by Gasteiger charge is -2.11. The van der Waals surface area contributed by atoms with E-state index in [1.165, 1.54) is 13.4 Å². The minimum atomic E-state index is -0.615. The Labute approximate surface area is 174 Å². The summed E-state index contributed by atoms with van der Waals surface area (Å²) >= 11 is 6.94. The van der Waals surface area contributed by atoms with Crippen LogP contribution in [0.3, 0.4) is 0 Å². The van der Waals surface area contributed by atoms with Gasteiger partial charge in [-0.05, 0) is 36.4 Å². The van der Waals surface area contributed by atoms with Crippen molar-refractivity contribution in [2.24, 2.45) is 0 Å². The number of ether oxygens (including phenoxy) is 1. The number of carbonyl (C=O) groups excluding carboxylic acids is 1. The van der Waals surface area contributed by atoms with Gasteiger partial charge in [0.2, 0.25) is 5.82 Å². The van der Waals surface area contributed by atoms with Crippen LogP contribution in [0.4, 0.5) is 11.5 Å². The number of para-hydroxylation sites is 1. The first kappa shape index (κ1) is 20.4. The Bertz CT molecular complexity index is 1050. The molecule has 0 aliphatic rings. The van der Waals surface area contributed by atoms with E-state index in [0.29, 0.717) is 15.7 Å². The van der Waals surface area contributed by atoms with Crippen molar-refractivity contribution in [3.63, 3.8) is 0 Å². The van der Waals surface area contributed by atoms with Gasteiger partial charge in [0.25, 0.3) is 5.91 Å². The molecule has 3 aromatic rings. The lowest BCUT2D eigenvalue weighted by Crippen LogP contribution is -2.30. The second-order valence-corrected chi connectivity index (χ2v) is 6.97. The van der Waals surface area contributed by atoms with Crippen LogP contribution in [0.5, 0.6) is 5.75 Å². The topological polar surface area (TPSA) is 119 Å². The molecule has 11 heteroatoms. The van der Waals surface area contributed by atoms with Gasteiger partial charge in [0.05, 0.1) is 17.6 Å². The molecule has 0 aliphatic carbocycles. The molecular formula is C18H14ClN5O4S. The fourth-order valence-electron chi connectivity index (χ4n) is 2.32. The van der Waals surface area contributed by atoms with Gasteiger partial charge in [-0.25, -0.2) is 9.97 Å². The molecule has 29 heavy (non-hydrogen) atoms. The van der Waals surface area contributed by atoms with E-state index in [1.807, 2.05) is 0 Å². The molecule has 0 bridgehead atoms. The molecule has 2 aromatic carbocycles. The highest BCUT2D eigenvalue weighted by atomic mass is 35.5. The van der Waals surface area contributed by atoms with E-state index in [1.54, 1.807) is 48.5 Å². The van der Waals surface area contributed by atoms with Gasteiger partial charge in [-0.1, -0.05) is 35.5 Å². The molecule has 1 amide bonds. The summed E-state index contributed by atoms with van der Waals surface area (Å²) < 4.78 is 5.14. The molecule has 0 radical (unpaired) electrons. The normalized spacial score (nSPS) is 10.3. The Morgan fingerprint density at radius 2 is 1.90 bits per heavy atom. The molecule has 3 rings (SSSR count). The zero-order valence-corrected chi connectivity index (χ0v) is 16.5. The quantitative estimate of drug-likeness (QED) is 0.328. The Kier molecular flexibility index (Phi) is 6.47. The molecule has 0 saturated carbocycles. The SMILES string of the molecule is COc1ccccc1C(=O)NNc1ncnc(Sc2ccc(Cl)cc2)c1[N+](=O)[O-]. The van der Waals surface area contributed by atoms with Crippen molar-refractivity contribution in [3.8, 4) is 5.75 Å². The third-order valence-electron chi connectivity index (χ3n) is 3.65. The van der Waals surface area contributed by atoms with E-state index in [2.05, 4.69) is 20.8 Å². The van der Waals surface area contributed by atoms with E-state index in [4.69, 9.17) is 16.3 Å². The molecule has 1 aromatic heterocycles. The summed E-state index contributed by atoms with van der Waals surface area (Å²) in [4.78, 5) is 32.0. The first-order valence-corrected chi connectivity index (χ1v) is 9.31. The van der Waals surface area contributed by atoms with Crippen LogP contribution in [0, 0.1) is 10.1 Å². The van der Waals surface area contributed by atoms with E-state index in [9.17, 15) is 14.9 Å². The Morgan fingerprint density at radius 1 is 1.17 bits per heavy atom. The molecule has 0 spiro atoms. The van der Waals surface area contributed by atoms with Crippen molar-refractivity contribution in [1.82, 2.24) is 15.4 Å². The second kappa shape index (κ2) is 9.22. The zero-order valence-electron chi connectivity index (χ0n) is 15.0. The molecule has 9 nitrogen and oxygen atoms in total. The molecule has 0 saturated heterocycles. The van der Waals surface area contributed by atoms with Crippen LogP contribution in [0.1, 0.15) is 10.4 Å². The molecule has 1 heterocycles. The number of nitrogens with one attached hydrogen (secondary N) is 2. The molecule has 0 unspecified atom stereocenters. The highest BCUT2D eigenvalue weighted by Gasteiger charge is 2.24. The fraction of sp³-hybridized carbons (Fsp3) is 0.0556. The third kappa shape index (κ3) is 4.92. The molecular weight excluding hydrogens is 418 g/mol. The average Bonchev–Trinajstić information content (AvgIpc) is 2.73. The number of anilines is 1. The lowest BCUT2D eigenvalue weighted by molar-refractivity contribution is -0.387. The standard InChI is InChI=1S/C18H14ClN5O4S/c1-28-14-5-3-2-4-13(14)17(25)23-22-16-15(24(26)27)18(21-10-20-16)29-12-8-6-11(19)7-9-12/h2-10H,1H3,(H,23,25)(H,20,21,22). The first-order valence-electron chi connectivity index (χ1n) is 8.11. The van der Waals surface area contributed by atoms with Crippen LogP contribution in [0.15, 0.2) is 64.8 Å². The van der Waals surface area contributed by atoms with Crippen molar-refractivity contribution in [2.75, 3.05) is 12.5 Å². The van der Waals surface area contributed by atoms with Gasteiger partial charge in [-0.3, -0.25) is 25.8 Å². The number of carbonyl (C=O) groups is 1. The average molecular weight is 432 g/mol. The molecule has 0 atom stereocenters. The van der Waals surface area contributed by atoms with Gasteiger partial charge in [-0.2, -0.15) is 0 Å². The van der Waals surface area contributed by atoms with E-state index >= 15 is 0 Å². The Hall–Kier alpha value is -3.37. The maximum atomic E-state index is 12.4. The maximum absolute atomic E-state index is 12.4. The van der Waals surface area contributed by atoms with E-state index in [-0.39, 0.29) is 22.1 Å². The van der Waals surface area contributed by atoms with Crippen LogP contribution in [0.2, 0.25) is 5.02 Å². The van der Waals surface area contributed by atoms with Crippen molar-refractivity contribution in [3.05, 3.63) is 75.6 Å². The predicted molar refractivity (Wildman–Crippen MR) is 108 cm³/mol. The number of hydrogen-bond donors (Lipinski definition) is 2. The molecule has 148 valence electrons. The minimum absolute atomic E-state index is 0.112. The molecule has 0 aliphatic heterocycles. The Morgan fingerprint density at radius 3 is 2.59 bits per heavy atom. The summed E-state index contributed by atoms with van der Waals surface area (Å²) in [7, 11) is 1.44. The zero-order chi connectivity index (χ0) is 20.8. The van der Waals surface area contributed by atoms with Crippen LogP contribution < -0.4 is 15.6 Å². The first-order chi connectivity index (χ1) is 14.0. The molecule has 0 fully saturated rings. The number of benzene rings is 2. The Balaban J connectivity index is 1.83. The number of methoxy groups -OCH3 is 1. The summed E-state index contributed by atoms with van der Waals surface area (Å²) in [5.74, 6) is -0.324. The number of rotatable bonds is 7. The maximum Gasteiger partial charge on any atom is 0.345 e. The summed E-state index contributed by atoms with van der Waals surface area (Å²) in [6.45, 7) is 0.